The van der Waals surface area contributed by atoms with E-state index >= 15 is 0 Å². The molecule has 0 atom stereocenters. The Morgan fingerprint density at radius 2 is 2.10 bits per heavy atom. The second-order valence-corrected chi connectivity index (χ2v) is 5.63. The van der Waals surface area contributed by atoms with Gasteiger partial charge in [0.1, 0.15) is 5.69 Å². The molecule has 0 fully saturated rings. The monoisotopic (exact) mass is 273 g/mol. The molecule has 0 aliphatic rings. The van der Waals surface area contributed by atoms with Crippen molar-refractivity contribution >= 4 is 5.91 Å². The number of amides is 1. The molecule has 2 aromatic heterocycles. The molecule has 2 heterocycles. The van der Waals surface area contributed by atoms with Crippen molar-refractivity contribution in [3.63, 3.8) is 0 Å². The molecule has 2 aromatic rings. The van der Waals surface area contributed by atoms with Gasteiger partial charge in [-0.25, -0.2) is 4.68 Å². The molecule has 0 aliphatic heterocycles. The molecule has 0 aliphatic carbocycles. The first-order valence-corrected chi connectivity index (χ1v) is 6.46. The predicted octanol–water partition coefficient (Wildman–Crippen LogP) is 1.65. The maximum Gasteiger partial charge on any atom is 0.274 e. The highest BCUT2D eigenvalue weighted by Gasteiger charge is 2.29. The molecule has 20 heavy (non-hydrogen) atoms. The van der Waals surface area contributed by atoms with Gasteiger partial charge in [-0.15, -0.1) is 5.10 Å². The quantitative estimate of drug-likeness (QED) is 0.853. The summed E-state index contributed by atoms with van der Waals surface area (Å²) in [5.74, 6) is -0.101. The van der Waals surface area contributed by atoms with Crippen LogP contribution in [-0.2, 0) is 13.6 Å². The van der Waals surface area contributed by atoms with E-state index in [2.05, 4.69) is 15.3 Å². The standard InChI is InChI=1S/C14H19N5O/c1-14(2,3)19(10-11-7-5-6-8-15-11)13(20)12-9-16-17-18(12)4/h5-9H,10H2,1-4H3. The smallest absolute Gasteiger partial charge is 0.274 e. The van der Waals surface area contributed by atoms with Crippen LogP contribution in [0.1, 0.15) is 37.0 Å². The van der Waals surface area contributed by atoms with Gasteiger partial charge in [-0.05, 0) is 32.9 Å². The Bertz CT molecular complexity index is 585. The third kappa shape index (κ3) is 3.01. The SMILES string of the molecule is Cn1nncc1C(=O)N(Cc1ccccn1)C(C)(C)C. The van der Waals surface area contributed by atoms with Crippen molar-refractivity contribution in [3.05, 3.63) is 42.0 Å². The third-order valence-electron chi connectivity index (χ3n) is 3.03. The normalized spacial score (nSPS) is 11.4. The van der Waals surface area contributed by atoms with Crippen molar-refractivity contribution in [2.75, 3.05) is 0 Å². The molecule has 2 rings (SSSR count). The molecule has 1 amide bonds. The van der Waals surface area contributed by atoms with Gasteiger partial charge in [0.25, 0.3) is 5.91 Å². The Morgan fingerprint density at radius 1 is 1.35 bits per heavy atom. The Balaban J connectivity index is 2.30. The molecular formula is C14H19N5O. The lowest BCUT2D eigenvalue weighted by Crippen LogP contribution is -2.45. The maximum absolute atomic E-state index is 12.7. The second kappa shape index (κ2) is 5.40. The van der Waals surface area contributed by atoms with E-state index in [1.807, 2.05) is 39.0 Å². The van der Waals surface area contributed by atoms with E-state index in [9.17, 15) is 4.79 Å². The molecule has 0 radical (unpaired) electrons. The van der Waals surface area contributed by atoms with E-state index in [0.717, 1.165) is 5.69 Å². The Morgan fingerprint density at radius 3 is 2.60 bits per heavy atom. The van der Waals surface area contributed by atoms with Crippen LogP contribution in [-0.4, -0.2) is 36.3 Å². The van der Waals surface area contributed by atoms with Crippen LogP contribution in [0, 0.1) is 0 Å². The van der Waals surface area contributed by atoms with Crippen LogP contribution < -0.4 is 0 Å². The fourth-order valence-corrected chi connectivity index (χ4v) is 1.89. The topological polar surface area (TPSA) is 63.9 Å². The van der Waals surface area contributed by atoms with Crippen LogP contribution in [0.3, 0.4) is 0 Å². The summed E-state index contributed by atoms with van der Waals surface area (Å²) < 4.78 is 1.49. The van der Waals surface area contributed by atoms with Crippen molar-refractivity contribution in [1.82, 2.24) is 24.9 Å². The Kier molecular flexibility index (Phi) is 3.83. The molecule has 0 spiro atoms. The van der Waals surface area contributed by atoms with Crippen LogP contribution >= 0.6 is 0 Å². The van der Waals surface area contributed by atoms with Gasteiger partial charge < -0.3 is 4.90 Å². The molecule has 0 unspecified atom stereocenters. The number of hydrogen-bond donors (Lipinski definition) is 0. The number of hydrogen-bond acceptors (Lipinski definition) is 4. The molecular weight excluding hydrogens is 254 g/mol. The largest absolute Gasteiger partial charge is 0.327 e. The van der Waals surface area contributed by atoms with E-state index in [1.54, 1.807) is 18.1 Å². The Labute approximate surface area is 118 Å². The summed E-state index contributed by atoms with van der Waals surface area (Å²) >= 11 is 0. The molecule has 0 aromatic carbocycles. The summed E-state index contributed by atoms with van der Waals surface area (Å²) in [6.45, 7) is 6.45. The number of carbonyl (C=O) groups excluding carboxylic acids is 1. The van der Waals surface area contributed by atoms with Gasteiger partial charge in [-0.2, -0.15) is 0 Å². The Hall–Kier alpha value is -2.24. The molecule has 106 valence electrons. The molecule has 0 bridgehead atoms. The zero-order valence-electron chi connectivity index (χ0n) is 12.2. The first-order chi connectivity index (χ1) is 9.39. The minimum Gasteiger partial charge on any atom is -0.327 e. The van der Waals surface area contributed by atoms with Crippen molar-refractivity contribution in [3.8, 4) is 0 Å². The molecule has 6 heteroatoms. The minimum absolute atomic E-state index is 0.101. The van der Waals surface area contributed by atoms with Crippen LogP contribution in [0.2, 0.25) is 0 Å². The van der Waals surface area contributed by atoms with Gasteiger partial charge in [-0.1, -0.05) is 11.3 Å². The summed E-state index contributed by atoms with van der Waals surface area (Å²) in [5, 5.41) is 7.58. The number of aryl methyl sites for hydroxylation is 1. The highest BCUT2D eigenvalue weighted by Crippen LogP contribution is 2.19. The molecule has 0 N–H and O–H groups in total. The van der Waals surface area contributed by atoms with Gasteiger partial charge in [0.05, 0.1) is 18.4 Å². The van der Waals surface area contributed by atoms with Crippen LogP contribution in [0.15, 0.2) is 30.6 Å². The van der Waals surface area contributed by atoms with Crippen LogP contribution in [0.5, 0.6) is 0 Å². The van der Waals surface area contributed by atoms with Crippen LogP contribution in [0.4, 0.5) is 0 Å². The predicted molar refractivity (Wildman–Crippen MR) is 74.9 cm³/mol. The fraction of sp³-hybridized carbons (Fsp3) is 0.429. The van der Waals surface area contributed by atoms with E-state index in [-0.39, 0.29) is 11.4 Å². The van der Waals surface area contributed by atoms with Gasteiger partial charge in [0, 0.05) is 18.8 Å². The second-order valence-electron chi connectivity index (χ2n) is 5.63. The van der Waals surface area contributed by atoms with Gasteiger partial charge in [-0.3, -0.25) is 9.78 Å². The zero-order chi connectivity index (χ0) is 14.8. The van der Waals surface area contributed by atoms with Crippen LogP contribution in [0.25, 0.3) is 0 Å². The summed E-state index contributed by atoms with van der Waals surface area (Å²) in [6, 6.07) is 5.69. The molecule has 6 nitrogen and oxygen atoms in total. The van der Waals surface area contributed by atoms with Gasteiger partial charge >= 0.3 is 0 Å². The number of rotatable bonds is 3. The van der Waals surface area contributed by atoms with Crippen molar-refractivity contribution < 1.29 is 4.79 Å². The minimum atomic E-state index is -0.321. The molecule has 0 saturated carbocycles. The number of carbonyl (C=O) groups is 1. The third-order valence-corrected chi connectivity index (χ3v) is 3.03. The lowest BCUT2D eigenvalue weighted by atomic mass is 10.0. The summed E-state index contributed by atoms with van der Waals surface area (Å²) in [7, 11) is 1.71. The van der Waals surface area contributed by atoms with Crippen molar-refractivity contribution in [2.45, 2.75) is 32.9 Å². The van der Waals surface area contributed by atoms with Gasteiger partial charge in [0.15, 0.2) is 0 Å². The number of aromatic nitrogens is 4. The van der Waals surface area contributed by atoms with Gasteiger partial charge in [0.2, 0.25) is 0 Å². The zero-order valence-corrected chi connectivity index (χ0v) is 12.2. The van der Waals surface area contributed by atoms with E-state index < -0.39 is 0 Å². The van der Waals surface area contributed by atoms with Crippen molar-refractivity contribution in [1.29, 1.82) is 0 Å². The molecule has 0 saturated heterocycles. The van der Waals surface area contributed by atoms with Crippen molar-refractivity contribution in [2.24, 2.45) is 7.05 Å². The summed E-state index contributed by atoms with van der Waals surface area (Å²) in [5.41, 5.74) is 1.00. The fourth-order valence-electron chi connectivity index (χ4n) is 1.89. The average molecular weight is 273 g/mol. The number of nitrogens with zero attached hydrogens (tertiary/aromatic N) is 5. The number of pyridine rings is 1. The first-order valence-electron chi connectivity index (χ1n) is 6.46. The van der Waals surface area contributed by atoms with E-state index in [0.29, 0.717) is 12.2 Å². The van der Waals surface area contributed by atoms with E-state index in [4.69, 9.17) is 0 Å². The van der Waals surface area contributed by atoms with E-state index in [1.165, 1.54) is 10.9 Å². The summed E-state index contributed by atoms with van der Waals surface area (Å²) in [6.07, 6.45) is 3.21. The highest BCUT2D eigenvalue weighted by molar-refractivity contribution is 5.92. The lowest BCUT2D eigenvalue weighted by molar-refractivity contribution is 0.0543. The first kappa shape index (κ1) is 14.2. The lowest BCUT2D eigenvalue weighted by Gasteiger charge is -2.35. The highest BCUT2D eigenvalue weighted by atomic mass is 16.2. The summed E-state index contributed by atoms with van der Waals surface area (Å²) in [4.78, 5) is 18.7. The maximum atomic E-state index is 12.7. The average Bonchev–Trinajstić information content (AvgIpc) is 2.81.